The van der Waals surface area contributed by atoms with E-state index in [2.05, 4.69) is 4.72 Å². The smallest absolute Gasteiger partial charge is 0.308 e. The Morgan fingerprint density at radius 3 is 2.33 bits per heavy atom. The monoisotopic (exact) mass is 391 g/mol. The molecule has 3 rings (SSSR count). The molecule has 0 spiro atoms. The first kappa shape index (κ1) is 18.5. The lowest BCUT2D eigenvalue weighted by atomic mass is 10.1. The van der Waals surface area contributed by atoms with Gasteiger partial charge in [0, 0.05) is 12.5 Å². The van der Waals surface area contributed by atoms with E-state index >= 15 is 0 Å². The van der Waals surface area contributed by atoms with Crippen LogP contribution in [0.15, 0.2) is 63.9 Å². The van der Waals surface area contributed by atoms with E-state index in [9.17, 15) is 22.7 Å². The Balaban J connectivity index is 2.07. The van der Waals surface area contributed by atoms with E-state index in [1.54, 1.807) is 6.07 Å². The van der Waals surface area contributed by atoms with E-state index in [4.69, 9.17) is 9.15 Å². The molecule has 0 saturated carbocycles. The molecule has 0 bridgehead atoms. The summed E-state index contributed by atoms with van der Waals surface area (Å²) in [6.07, 6.45) is 0. The molecule has 0 aliphatic heterocycles. The molecule has 140 valence electrons. The van der Waals surface area contributed by atoms with Crippen LogP contribution >= 0.6 is 0 Å². The molecule has 9 heteroatoms. The highest BCUT2D eigenvalue weighted by molar-refractivity contribution is 7.92. The summed E-state index contributed by atoms with van der Waals surface area (Å²) in [4.78, 5) is 11.3. The first-order valence-corrected chi connectivity index (χ1v) is 9.14. The third kappa shape index (κ3) is 3.93. The third-order valence-electron chi connectivity index (χ3n) is 3.47. The summed E-state index contributed by atoms with van der Waals surface area (Å²) in [5.41, 5.74) is 0.257. The molecule has 1 aromatic heterocycles. The zero-order valence-corrected chi connectivity index (χ0v) is 14.8. The maximum absolute atomic E-state index is 13.1. The number of halogens is 1. The lowest BCUT2D eigenvalue weighted by Crippen LogP contribution is -2.13. The van der Waals surface area contributed by atoms with E-state index in [0.717, 1.165) is 19.1 Å². The Bertz CT molecular complexity index is 1080. The van der Waals surface area contributed by atoms with Crippen molar-refractivity contribution in [2.75, 3.05) is 4.72 Å². The summed E-state index contributed by atoms with van der Waals surface area (Å²) >= 11 is 0. The predicted octanol–water partition coefficient (Wildman–Crippen LogP) is 3.52. The third-order valence-corrected chi connectivity index (χ3v) is 4.82. The lowest BCUT2D eigenvalue weighted by molar-refractivity contribution is -0.131. The molecule has 0 atom stereocenters. The molecule has 3 aromatic rings. The Hall–Kier alpha value is -3.33. The van der Waals surface area contributed by atoms with Gasteiger partial charge in [-0.3, -0.25) is 4.79 Å². The summed E-state index contributed by atoms with van der Waals surface area (Å²) in [7, 11) is -4.07. The molecule has 2 aromatic carbocycles. The number of sulfonamides is 1. The van der Waals surface area contributed by atoms with Gasteiger partial charge in [0.15, 0.2) is 5.76 Å². The highest BCUT2D eigenvalue weighted by Gasteiger charge is 2.28. The number of esters is 1. The van der Waals surface area contributed by atoms with Gasteiger partial charge < -0.3 is 14.3 Å². The van der Waals surface area contributed by atoms with Crippen molar-refractivity contribution in [2.45, 2.75) is 11.8 Å². The SMILES string of the molecule is CC(=O)Oc1c(NS(=O)(=O)c2ccccc2)oc(-c2ccc(F)cc2)c1O. The van der Waals surface area contributed by atoms with Crippen molar-refractivity contribution in [3.8, 4) is 22.8 Å². The number of ether oxygens (including phenoxy) is 1. The molecule has 7 nitrogen and oxygen atoms in total. The number of furan rings is 1. The van der Waals surface area contributed by atoms with Gasteiger partial charge in [0.1, 0.15) is 5.82 Å². The number of benzene rings is 2. The fourth-order valence-corrected chi connectivity index (χ4v) is 3.30. The van der Waals surface area contributed by atoms with Crippen molar-refractivity contribution in [1.82, 2.24) is 0 Å². The van der Waals surface area contributed by atoms with Crippen LogP contribution in [0, 0.1) is 5.82 Å². The molecule has 0 amide bonds. The van der Waals surface area contributed by atoms with E-state index in [0.29, 0.717) is 0 Å². The maximum Gasteiger partial charge on any atom is 0.308 e. The standard InChI is InChI=1S/C18H14FNO6S/c1-11(21)25-17-15(22)16(12-7-9-13(19)10-8-12)26-18(17)20-27(23,24)14-5-3-2-4-6-14/h2-10,20,22H,1H3. The second-order valence-electron chi connectivity index (χ2n) is 5.46. The zero-order valence-electron chi connectivity index (χ0n) is 14.0. The van der Waals surface area contributed by atoms with Gasteiger partial charge in [0.2, 0.25) is 11.5 Å². The highest BCUT2D eigenvalue weighted by Crippen LogP contribution is 2.46. The summed E-state index contributed by atoms with van der Waals surface area (Å²) in [5.74, 6) is -3.04. The van der Waals surface area contributed by atoms with Crippen LogP contribution in [-0.2, 0) is 14.8 Å². The summed E-state index contributed by atoms with van der Waals surface area (Å²) in [6, 6.07) is 12.3. The fraction of sp³-hybridized carbons (Fsp3) is 0.0556. The minimum atomic E-state index is -4.07. The minimum absolute atomic E-state index is 0.0574. The molecule has 0 fully saturated rings. The molecule has 2 N–H and O–H groups in total. The van der Waals surface area contributed by atoms with E-state index in [1.165, 1.54) is 36.4 Å². The molecule has 0 aliphatic carbocycles. The molecule has 0 radical (unpaired) electrons. The van der Waals surface area contributed by atoms with Crippen LogP contribution < -0.4 is 9.46 Å². The van der Waals surface area contributed by atoms with Gasteiger partial charge in [0.25, 0.3) is 15.9 Å². The number of carbonyl (C=O) groups is 1. The zero-order chi connectivity index (χ0) is 19.6. The maximum atomic E-state index is 13.1. The van der Waals surface area contributed by atoms with Gasteiger partial charge in [-0.05, 0) is 36.4 Å². The van der Waals surface area contributed by atoms with Crippen LogP contribution in [0.2, 0.25) is 0 Å². The number of aromatic hydroxyl groups is 1. The highest BCUT2D eigenvalue weighted by atomic mass is 32.2. The van der Waals surface area contributed by atoms with Gasteiger partial charge >= 0.3 is 5.97 Å². The van der Waals surface area contributed by atoms with E-state index < -0.39 is 39.2 Å². The van der Waals surface area contributed by atoms with Crippen LogP contribution in [0.25, 0.3) is 11.3 Å². The normalized spacial score (nSPS) is 11.2. The second-order valence-corrected chi connectivity index (χ2v) is 7.14. The molecule has 0 aliphatic rings. The van der Waals surface area contributed by atoms with Crippen molar-refractivity contribution in [3.05, 3.63) is 60.4 Å². The van der Waals surface area contributed by atoms with Crippen LogP contribution in [-0.4, -0.2) is 19.5 Å². The average Bonchev–Trinajstić information content (AvgIpc) is 2.92. The fourth-order valence-electron chi connectivity index (χ4n) is 2.29. The number of rotatable bonds is 5. The first-order valence-electron chi connectivity index (χ1n) is 7.66. The Morgan fingerprint density at radius 1 is 1.11 bits per heavy atom. The van der Waals surface area contributed by atoms with Crippen molar-refractivity contribution in [2.24, 2.45) is 0 Å². The van der Waals surface area contributed by atoms with E-state index in [-0.39, 0.29) is 16.2 Å². The summed E-state index contributed by atoms with van der Waals surface area (Å²) in [6.45, 7) is 1.08. The molecular weight excluding hydrogens is 377 g/mol. The summed E-state index contributed by atoms with van der Waals surface area (Å²) < 4.78 is 50.5. The first-order chi connectivity index (χ1) is 12.8. The van der Waals surface area contributed by atoms with E-state index in [1.807, 2.05) is 0 Å². The quantitative estimate of drug-likeness (QED) is 0.645. The van der Waals surface area contributed by atoms with Crippen molar-refractivity contribution in [3.63, 3.8) is 0 Å². The number of hydrogen-bond donors (Lipinski definition) is 2. The van der Waals surface area contributed by atoms with Gasteiger partial charge in [0.05, 0.1) is 4.90 Å². The Kier molecular flexibility index (Phi) is 4.87. The number of carbonyl (C=O) groups excluding carboxylic acids is 1. The second kappa shape index (κ2) is 7.12. The summed E-state index contributed by atoms with van der Waals surface area (Å²) in [5, 5.41) is 10.3. The Labute approximate surface area is 154 Å². The molecular formula is C18H14FNO6S. The molecule has 0 saturated heterocycles. The minimum Gasteiger partial charge on any atom is -0.502 e. The lowest BCUT2D eigenvalue weighted by Gasteiger charge is -2.07. The van der Waals surface area contributed by atoms with Crippen molar-refractivity contribution in [1.29, 1.82) is 0 Å². The topological polar surface area (TPSA) is 106 Å². The van der Waals surface area contributed by atoms with Gasteiger partial charge in [-0.25, -0.2) is 17.5 Å². The number of anilines is 1. The van der Waals surface area contributed by atoms with Crippen molar-refractivity contribution < 1.29 is 31.9 Å². The largest absolute Gasteiger partial charge is 0.502 e. The van der Waals surface area contributed by atoms with Crippen LogP contribution in [0.4, 0.5) is 10.3 Å². The van der Waals surface area contributed by atoms with Gasteiger partial charge in [-0.15, -0.1) is 0 Å². The number of hydrogen-bond acceptors (Lipinski definition) is 6. The van der Waals surface area contributed by atoms with Crippen molar-refractivity contribution >= 4 is 21.9 Å². The van der Waals surface area contributed by atoms with Crippen LogP contribution in [0.1, 0.15) is 6.92 Å². The molecule has 1 heterocycles. The number of nitrogens with one attached hydrogen (secondary N) is 1. The van der Waals surface area contributed by atoms with Gasteiger partial charge in [-0.2, -0.15) is 0 Å². The van der Waals surface area contributed by atoms with Gasteiger partial charge in [-0.1, -0.05) is 18.2 Å². The average molecular weight is 391 g/mol. The molecule has 27 heavy (non-hydrogen) atoms. The predicted molar refractivity (Wildman–Crippen MR) is 94.3 cm³/mol. The Morgan fingerprint density at radius 2 is 1.74 bits per heavy atom. The molecule has 0 unspecified atom stereocenters. The van der Waals surface area contributed by atoms with Crippen LogP contribution in [0.5, 0.6) is 11.5 Å². The van der Waals surface area contributed by atoms with Crippen LogP contribution in [0.3, 0.4) is 0 Å².